The van der Waals surface area contributed by atoms with Gasteiger partial charge in [0.15, 0.2) is 0 Å². The van der Waals surface area contributed by atoms with Crippen molar-refractivity contribution in [2.75, 3.05) is 11.9 Å². The number of nitrogens with zero attached hydrogens (tertiary/aromatic N) is 2. The lowest BCUT2D eigenvalue weighted by atomic mass is 10.1. The van der Waals surface area contributed by atoms with E-state index in [-0.39, 0.29) is 0 Å². The van der Waals surface area contributed by atoms with Crippen molar-refractivity contribution in [2.24, 2.45) is 0 Å². The highest BCUT2D eigenvalue weighted by molar-refractivity contribution is 5.98. The topological polar surface area (TPSA) is 55.6 Å². The number of hydrogen-bond acceptors (Lipinski definition) is 3. The summed E-state index contributed by atoms with van der Waals surface area (Å²) in [6, 6.07) is 16.0. The van der Waals surface area contributed by atoms with E-state index in [2.05, 4.69) is 24.4 Å². The molecule has 5 nitrogen and oxygen atoms in total. The van der Waals surface area contributed by atoms with Gasteiger partial charge in [0.2, 0.25) is 0 Å². The molecular weight excluding hydrogens is 326 g/mol. The number of nitrogens with one attached hydrogen (secondary N) is 1. The molecule has 0 aliphatic heterocycles. The lowest BCUT2D eigenvalue weighted by Gasteiger charge is -2.07. The number of amides is 1. The predicted octanol–water partition coefficient (Wildman–Crippen LogP) is 5.03. The molecule has 1 amide bonds. The third-order valence-corrected chi connectivity index (χ3v) is 4.38. The van der Waals surface area contributed by atoms with Gasteiger partial charge in [-0.05, 0) is 43.0 Å². The molecule has 0 spiro atoms. The van der Waals surface area contributed by atoms with Gasteiger partial charge in [-0.15, -0.1) is 0 Å². The van der Waals surface area contributed by atoms with E-state index in [0.717, 1.165) is 27.7 Å². The smallest absolute Gasteiger partial charge is 0.411 e. The average molecular weight is 345 g/mol. The summed E-state index contributed by atoms with van der Waals surface area (Å²) in [5.74, 6) is 0. The molecule has 0 atom stereocenters. The Labute approximate surface area is 151 Å². The molecule has 2 aromatic carbocycles. The summed E-state index contributed by atoms with van der Waals surface area (Å²) in [6.45, 7) is 4.20. The zero-order valence-electron chi connectivity index (χ0n) is 14.7. The zero-order chi connectivity index (χ0) is 18.1. The van der Waals surface area contributed by atoms with Crippen LogP contribution in [0.15, 0.2) is 60.9 Å². The Morgan fingerprint density at radius 1 is 1.19 bits per heavy atom. The Morgan fingerprint density at radius 3 is 2.85 bits per heavy atom. The Morgan fingerprint density at radius 2 is 2.04 bits per heavy atom. The molecule has 2 aromatic heterocycles. The number of aryl methyl sites for hydroxylation is 1. The lowest BCUT2D eigenvalue weighted by molar-refractivity contribution is 0.168. The van der Waals surface area contributed by atoms with Crippen LogP contribution in [-0.2, 0) is 4.74 Å². The minimum Gasteiger partial charge on any atom is -0.450 e. The van der Waals surface area contributed by atoms with Crippen molar-refractivity contribution in [3.05, 3.63) is 66.5 Å². The van der Waals surface area contributed by atoms with E-state index >= 15 is 0 Å². The molecule has 0 aliphatic carbocycles. The zero-order valence-corrected chi connectivity index (χ0v) is 14.7. The van der Waals surface area contributed by atoms with Crippen molar-refractivity contribution in [1.82, 2.24) is 9.38 Å². The first-order valence-corrected chi connectivity index (χ1v) is 8.57. The molecule has 0 bridgehead atoms. The van der Waals surface area contributed by atoms with Crippen LogP contribution in [0.4, 0.5) is 10.5 Å². The Hall–Kier alpha value is -3.34. The fraction of sp³-hybridized carbons (Fsp3) is 0.143. The van der Waals surface area contributed by atoms with Gasteiger partial charge in [-0.2, -0.15) is 0 Å². The third-order valence-electron chi connectivity index (χ3n) is 4.38. The van der Waals surface area contributed by atoms with Gasteiger partial charge in [0.1, 0.15) is 5.65 Å². The summed E-state index contributed by atoms with van der Waals surface area (Å²) in [5.41, 5.74) is 4.77. The minimum atomic E-state index is -0.456. The van der Waals surface area contributed by atoms with E-state index in [4.69, 9.17) is 9.72 Å². The van der Waals surface area contributed by atoms with Crippen LogP contribution in [0.2, 0.25) is 0 Å². The Kier molecular flexibility index (Phi) is 4.05. The summed E-state index contributed by atoms with van der Waals surface area (Å²) in [7, 11) is 0. The number of carbonyl (C=O) groups excluding carboxylic acids is 1. The largest absolute Gasteiger partial charge is 0.450 e. The highest BCUT2D eigenvalue weighted by Gasteiger charge is 2.10. The normalized spacial score (nSPS) is 11.0. The first-order chi connectivity index (χ1) is 12.7. The monoisotopic (exact) mass is 345 g/mol. The summed E-state index contributed by atoms with van der Waals surface area (Å²) in [4.78, 5) is 16.5. The number of rotatable bonds is 3. The molecule has 26 heavy (non-hydrogen) atoms. The van der Waals surface area contributed by atoms with Gasteiger partial charge >= 0.3 is 6.09 Å². The highest BCUT2D eigenvalue weighted by atomic mass is 16.5. The second kappa shape index (κ2) is 6.52. The van der Waals surface area contributed by atoms with Crippen molar-refractivity contribution in [3.63, 3.8) is 0 Å². The maximum Gasteiger partial charge on any atom is 0.411 e. The first-order valence-electron chi connectivity index (χ1n) is 8.57. The van der Waals surface area contributed by atoms with Gasteiger partial charge in [-0.25, -0.2) is 9.78 Å². The SMILES string of the molecule is CCOC(=O)Nc1ccc2ccn3cc(-c4ccccc4C)nc3c2c1. The average Bonchev–Trinajstić information content (AvgIpc) is 3.07. The number of imidazole rings is 1. The fourth-order valence-corrected chi connectivity index (χ4v) is 3.12. The summed E-state index contributed by atoms with van der Waals surface area (Å²) < 4.78 is 6.96. The van der Waals surface area contributed by atoms with Gasteiger partial charge in [0.25, 0.3) is 0 Å². The second-order valence-electron chi connectivity index (χ2n) is 6.14. The fourth-order valence-electron chi connectivity index (χ4n) is 3.12. The number of hydrogen-bond donors (Lipinski definition) is 1. The van der Waals surface area contributed by atoms with E-state index in [1.807, 2.05) is 53.2 Å². The van der Waals surface area contributed by atoms with E-state index < -0.39 is 6.09 Å². The summed E-state index contributed by atoms with van der Waals surface area (Å²) >= 11 is 0. The van der Waals surface area contributed by atoms with Crippen LogP contribution in [0.1, 0.15) is 12.5 Å². The lowest BCUT2D eigenvalue weighted by Crippen LogP contribution is -2.13. The Bertz CT molecular complexity index is 1110. The van der Waals surface area contributed by atoms with Crippen molar-refractivity contribution >= 4 is 28.2 Å². The highest BCUT2D eigenvalue weighted by Crippen LogP contribution is 2.28. The molecule has 0 saturated carbocycles. The molecule has 1 N–H and O–H groups in total. The molecule has 2 heterocycles. The van der Waals surface area contributed by atoms with Crippen molar-refractivity contribution in [3.8, 4) is 11.3 Å². The number of anilines is 1. The van der Waals surface area contributed by atoms with E-state index in [1.165, 1.54) is 5.56 Å². The molecular formula is C21H19N3O2. The summed E-state index contributed by atoms with van der Waals surface area (Å²) in [5, 5.41) is 4.79. The molecule has 4 aromatic rings. The van der Waals surface area contributed by atoms with E-state index in [9.17, 15) is 4.79 Å². The number of benzene rings is 2. The molecule has 5 heteroatoms. The standard InChI is InChI=1S/C21H19N3O2/c1-3-26-21(25)22-16-9-8-15-10-11-24-13-19(23-20(24)18(15)12-16)17-7-5-4-6-14(17)2/h4-13H,3H2,1-2H3,(H,22,25). The van der Waals surface area contributed by atoms with Crippen LogP contribution >= 0.6 is 0 Å². The maximum atomic E-state index is 11.7. The van der Waals surface area contributed by atoms with Gasteiger partial charge in [-0.3, -0.25) is 5.32 Å². The van der Waals surface area contributed by atoms with Gasteiger partial charge in [0.05, 0.1) is 12.3 Å². The molecule has 0 unspecified atom stereocenters. The van der Waals surface area contributed by atoms with Crippen LogP contribution in [0.25, 0.3) is 27.7 Å². The van der Waals surface area contributed by atoms with Crippen LogP contribution in [0.3, 0.4) is 0 Å². The molecule has 0 radical (unpaired) electrons. The van der Waals surface area contributed by atoms with Crippen molar-refractivity contribution in [2.45, 2.75) is 13.8 Å². The maximum absolute atomic E-state index is 11.7. The predicted molar refractivity (Wildman–Crippen MR) is 104 cm³/mol. The molecule has 4 rings (SSSR count). The number of carbonyl (C=O) groups is 1. The van der Waals surface area contributed by atoms with E-state index in [1.54, 1.807) is 6.92 Å². The van der Waals surface area contributed by atoms with E-state index in [0.29, 0.717) is 12.3 Å². The van der Waals surface area contributed by atoms with Gasteiger partial charge in [0, 0.05) is 29.0 Å². The van der Waals surface area contributed by atoms with Crippen molar-refractivity contribution < 1.29 is 9.53 Å². The Balaban J connectivity index is 1.83. The minimum absolute atomic E-state index is 0.337. The van der Waals surface area contributed by atoms with Gasteiger partial charge in [-0.1, -0.05) is 30.3 Å². The number of pyridine rings is 1. The first kappa shape index (κ1) is 16.1. The molecule has 0 aliphatic rings. The third kappa shape index (κ3) is 2.88. The van der Waals surface area contributed by atoms with Crippen LogP contribution in [0, 0.1) is 6.92 Å². The van der Waals surface area contributed by atoms with Crippen LogP contribution < -0.4 is 5.32 Å². The van der Waals surface area contributed by atoms with Gasteiger partial charge < -0.3 is 9.14 Å². The number of ether oxygens (including phenoxy) is 1. The molecule has 0 saturated heterocycles. The molecule has 130 valence electrons. The number of aromatic nitrogens is 2. The summed E-state index contributed by atoms with van der Waals surface area (Å²) in [6.07, 6.45) is 3.58. The second-order valence-corrected chi connectivity index (χ2v) is 6.14. The molecule has 0 fully saturated rings. The van der Waals surface area contributed by atoms with Crippen molar-refractivity contribution in [1.29, 1.82) is 0 Å². The quantitative estimate of drug-likeness (QED) is 0.566. The van der Waals surface area contributed by atoms with Crippen LogP contribution in [-0.4, -0.2) is 22.1 Å². The number of fused-ring (bicyclic) bond motifs is 3. The van der Waals surface area contributed by atoms with Crippen LogP contribution in [0.5, 0.6) is 0 Å².